The van der Waals surface area contributed by atoms with E-state index in [4.69, 9.17) is 22.1 Å². The number of non-ortho nitro benzene ring substituents is 1. The number of benzene rings is 2. The number of nitrogens with zero attached hydrogens (tertiary/aromatic N) is 1. The van der Waals surface area contributed by atoms with Crippen LogP contribution in [0.1, 0.15) is 15.9 Å². The second-order valence-electron chi connectivity index (χ2n) is 5.11. The summed E-state index contributed by atoms with van der Waals surface area (Å²) < 4.78 is 4.88. The molecule has 9 heteroatoms. The zero-order valence-corrected chi connectivity index (χ0v) is 13.9. The van der Waals surface area contributed by atoms with Gasteiger partial charge in [0.25, 0.3) is 11.6 Å². The molecular formula is C16H14ClN3O5. The number of carbonyl (C=O) groups is 2. The van der Waals surface area contributed by atoms with Crippen LogP contribution >= 0.6 is 11.6 Å². The molecule has 0 aliphatic rings. The van der Waals surface area contributed by atoms with Gasteiger partial charge in [0.15, 0.2) is 6.61 Å². The maximum Gasteiger partial charge on any atom is 0.340 e. The highest BCUT2D eigenvalue weighted by Gasteiger charge is 2.17. The molecule has 8 nitrogen and oxygen atoms in total. The van der Waals surface area contributed by atoms with Gasteiger partial charge in [-0.1, -0.05) is 17.7 Å². The quantitative estimate of drug-likeness (QED) is 0.364. The fraction of sp³-hybridized carbons (Fsp3) is 0.125. The Kier molecular flexibility index (Phi) is 5.56. The number of nitrogen functional groups attached to an aromatic ring is 1. The minimum atomic E-state index is -0.856. The number of amides is 1. The van der Waals surface area contributed by atoms with Crippen LogP contribution in [-0.4, -0.2) is 23.4 Å². The van der Waals surface area contributed by atoms with Gasteiger partial charge in [0, 0.05) is 22.8 Å². The predicted octanol–water partition coefficient (Wildman–Crippen LogP) is 2.93. The van der Waals surface area contributed by atoms with Gasteiger partial charge in [-0.2, -0.15) is 0 Å². The lowest BCUT2D eigenvalue weighted by molar-refractivity contribution is -0.384. The van der Waals surface area contributed by atoms with E-state index in [9.17, 15) is 19.7 Å². The van der Waals surface area contributed by atoms with Crippen molar-refractivity contribution in [3.05, 3.63) is 62.7 Å². The first kappa shape index (κ1) is 18.2. The van der Waals surface area contributed by atoms with E-state index in [-0.39, 0.29) is 16.9 Å². The molecule has 130 valence electrons. The number of halogens is 1. The SMILES string of the molecule is Cc1ccc(Cl)cc1NC(=O)COC(=O)c1ccc([N+](=O)[O-])cc1N. The van der Waals surface area contributed by atoms with E-state index in [0.717, 1.165) is 17.7 Å². The molecule has 2 aromatic rings. The number of hydrogen-bond acceptors (Lipinski definition) is 6. The maximum absolute atomic E-state index is 12.0. The van der Waals surface area contributed by atoms with Crippen LogP contribution in [0.25, 0.3) is 0 Å². The van der Waals surface area contributed by atoms with E-state index in [1.807, 2.05) is 0 Å². The Balaban J connectivity index is 1.98. The summed E-state index contributed by atoms with van der Waals surface area (Å²) in [5, 5.41) is 13.7. The number of nitrogens with two attached hydrogens (primary N) is 1. The molecule has 0 aliphatic carbocycles. The number of aryl methyl sites for hydroxylation is 1. The Hall–Kier alpha value is -3.13. The highest BCUT2D eigenvalue weighted by Crippen LogP contribution is 2.21. The predicted molar refractivity (Wildman–Crippen MR) is 92.6 cm³/mol. The molecule has 2 rings (SSSR count). The third kappa shape index (κ3) is 4.67. The zero-order valence-electron chi connectivity index (χ0n) is 13.1. The molecule has 0 aromatic heterocycles. The summed E-state index contributed by atoms with van der Waals surface area (Å²) in [6.45, 7) is 1.25. The smallest absolute Gasteiger partial charge is 0.340 e. The minimum absolute atomic E-state index is 0.0580. The normalized spacial score (nSPS) is 10.2. The molecule has 2 aromatic carbocycles. The molecule has 0 radical (unpaired) electrons. The van der Waals surface area contributed by atoms with Crippen LogP contribution in [0.15, 0.2) is 36.4 Å². The molecule has 0 spiro atoms. The van der Waals surface area contributed by atoms with E-state index >= 15 is 0 Å². The molecule has 1 amide bonds. The summed E-state index contributed by atoms with van der Waals surface area (Å²) in [6.07, 6.45) is 0. The standard InChI is InChI=1S/C16H14ClN3O5/c1-9-2-3-10(17)6-14(9)19-15(21)8-25-16(22)12-5-4-11(20(23)24)7-13(12)18/h2-7H,8,18H2,1H3,(H,19,21). The second-order valence-corrected chi connectivity index (χ2v) is 5.55. The van der Waals surface area contributed by atoms with Crippen LogP contribution in [0.2, 0.25) is 5.02 Å². The summed E-state index contributed by atoms with van der Waals surface area (Å²) in [7, 11) is 0. The molecule has 0 atom stereocenters. The summed E-state index contributed by atoms with van der Waals surface area (Å²) in [4.78, 5) is 33.9. The van der Waals surface area contributed by atoms with E-state index in [1.165, 1.54) is 6.07 Å². The Morgan fingerprint density at radius 2 is 2.00 bits per heavy atom. The fourth-order valence-corrected chi connectivity index (χ4v) is 2.15. The first-order chi connectivity index (χ1) is 11.8. The lowest BCUT2D eigenvalue weighted by Gasteiger charge is -2.10. The topological polar surface area (TPSA) is 125 Å². The van der Waals surface area contributed by atoms with Crippen LogP contribution in [0, 0.1) is 17.0 Å². The Morgan fingerprint density at radius 1 is 1.28 bits per heavy atom. The average molecular weight is 364 g/mol. The Morgan fingerprint density at radius 3 is 2.64 bits per heavy atom. The molecule has 0 heterocycles. The van der Waals surface area contributed by atoms with E-state index in [0.29, 0.717) is 10.7 Å². The molecule has 0 aliphatic heterocycles. The van der Waals surface area contributed by atoms with Gasteiger partial charge in [0.05, 0.1) is 16.2 Å². The number of carbonyl (C=O) groups excluding carboxylic acids is 2. The third-order valence-electron chi connectivity index (χ3n) is 3.27. The molecule has 0 saturated carbocycles. The largest absolute Gasteiger partial charge is 0.452 e. The van der Waals surface area contributed by atoms with Crippen LogP contribution in [0.5, 0.6) is 0 Å². The van der Waals surface area contributed by atoms with Gasteiger partial charge < -0.3 is 15.8 Å². The first-order valence-corrected chi connectivity index (χ1v) is 7.43. The average Bonchev–Trinajstić information content (AvgIpc) is 2.55. The molecule has 25 heavy (non-hydrogen) atoms. The number of hydrogen-bond donors (Lipinski definition) is 2. The maximum atomic E-state index is 12.0. The zero-order chi connectivity index (χ0) is 18.6. The number of nitrogens with one attached hydrogen (secondary N) is 1. The summed E-state index contributed by atoms with van der Waals surface area (Å²) in [6, 6.07) is 8.35. The fourth-order valence-electron chi connectivity index (χ4n) is 1.97. The van der Waals surface area contributed by atoms with Gasteiger partial charge in [0.1, 0.15) is 0 Å². The lowest BCUT2D eigenvalue weighted by Crippen LogP contribution is -2.21. The highest BCUT2D eigenvalue weighted by atomic mass is 35.5. The minimum Gasteiger partial charge on any atom is -0.452 e. The first-order valence-electron chi connectivity index (χ1n) is 7.05. The summed E-state index contributed by atoms with van der Waals surface area (Å²) in [5.41, 5.74) is 6.49. The van der Waals surface area contributed by atoms with E-state index in [2.05, 4.69) is 5.32 Å². The summed E-state index contributed by atoms with van der Waals surface area (Å²) in [5.74, 6) is -1.41. The van der Waals surface area contributed by atoms with Crippen molar-refractivity contribution in [1.82, 2.24) is 0 Å². The second kappa shape index (κ2) is 7.63. The molecule has 0 saturated heterocycles. The van der Waals surface area contributed by atoms with Crippen molar-refractivity contribution in [2.45, 2.75) is 6.92 Å². The van der Waals surface area contributed by atoms with Gasteiger partial charge in [-0.15, -0.1) is 0 Å². The van der Waals surface area contributed by atoms with Crippen molar-refractivity contribution in [2.75, 3.05) is 17.7 Å². The van der Waals surface area contributed by atoms with Gasteiger partial charge in [-0.25, -0.2) is 4.79 Å². The molecule has 0 unspecified atom stereocenters. The molecule has 3 N–H and O–H groups in total. The number of nitro benzene ring substituents is 1. The Bertz CT molecular complexity index is 854. The number of nitro groups is 1. The monoisotopic (exact) mass is 363 g/mol. The van der Waals surface area contributed by atoms with Gasteiger partial charge in [-0.3, -0.25) is 14.9 Å². The van der Waals surface area contributed by atoms with E-state index < -0.39 is 23.4 Å². The van der Waals surface area contributed by atoms with Crippen LogP contribution < -0.4 is 11.1 Å². The van der Waals surface area contributed by atoms with Crippen molar-refractivity contribution < 1.29 is 19.2 Å². The van der Waals surface area contributed by atoms with Crippen molar-refractivity contribution in [3.8, 4) is 0 Å². The van der Waals surface area contributed by atoms with Crippen LogP contribution in [0.4, 0.5) is 17.1 Å². The van der Waals surface area contributed by atoms with Crippen molar-refractivity contribution in [3.63, 3.8) is 0 Å². The van der Waals surface area contributed by atoms with Crippen molar-refractivity contribution in [2.24, 2.45) is 0 Å². The van der Waals surface area contributed by atoms with Crippen molar-refractivity contribution >= 4 is 40.5 Å². The Labute approximate surface area is 147 Å². The third-order valence-corrected chi connectivity index (χ3v) is 3.51. The number of rotatable bonds is 5. The van der Waals surface area contributed by atoms with E-state index in [1.54, 1.807) is 25.1 Å². The van der Waals surface area contributed by atoms with Crippen LogP contribution in [-0.2, 0) is 9.53 Å². The van der Waals surface area contributed by atoms with Crippen LogP contribution in [0.3, 0.4) is 0 Å². The van der Waals surface area contributed by atoms with Gasteiger partial charge in [-0.05, 0) is 30.7 Å². The van der Waals surface area contributed by atoms with Gasteiger partial charge in [0.2, 0.25) is 0 Å². The lowest BCUT2D eigenvalue weighted by atomic mass is 10.1. The number of anilines is 2. The highest BCUT2D eigenvalue weighted by molar-refractivity contribution is 6.31. The molecule has 0 fully saturated rings. The molecular weight excluding hydrogens is 350 g/mol. The number of esters is 1. The number of ether oxygens (including phenoxy) is 1. The molecule has 0 bridgehead atoms. The summed E-state index contributed by atoms with van der Waals surface area (Å²) >= 11 is 5.86. The van der Waals surface area contributed by atoms with Gasteiger partial charge >= 0.3 is 5.97 Å². The van der Waals surface area contributed by atoms with Crippen molar-refractivity contribution in [1.29, 1.82) is 0 Å².